The Hall–Kier alpha value is -9.70. The van der Waals surface area contributed by atoms with Crippen LogP contribution in [0.3, 0.4) is 0 Å². The quantitative estimate of drug-likeness (QED) is 0.141. The molecule has 12 heterocycles. The largest absolute Gasteiger partial charge is 0.331 e. The molecule has 0 saturated carbocycles. The number of pyridine rings is 6. The van der Waals surface area contributed by atoms with Crippen molar-refractivity contribution in [1.82, 2.24) is 77.7 Å². The first-order chi connectivity index (χ1) is 44.3. The van der Waals surface area contributed by atoms with Crippen LogP contribution in [0.25, 0.3) is 66.5 Å². The summed E-state index contributed by atoms with van der Waals surface area (Å²) in [5.74, 6) is 3.68. The first-order valence-corrected chi connectivity index (χ1v) is 32.0. The lowest BCUT2D eigenvalue weighted by Crippen LogP contribution is -1.89. The smallest absolute Gasteiger partial charge is 0.234 e. The molecule has 484 valence electrons. The summed E-state index contributed by atoms with van der Waals surface area (Å²) in [5, 5.41) is 2.32. The summed E-state index contributed by atoms with van der Waals surface area (Å²) in [4.78, 5) is 50.3. The van der Waals surface area contributed by atoms with Crippen LogP contribution < -0.4 is 0 Å². The fraction of sp³-hybridized carbons (Fsp3) is 0.333. The molecular formula is C75H104N16. The average Bonchev–Trinajstić information content (AvgIpc) is 3.07. The molecule has 14 rings (SSSR count). The molecule has 12 aromatic heterocycles. The maximum atomic E-state index is 4.38. The fourth-order valence-corrected chi connectivity index (χ4v) is 8.14. The molecule has 0 saturated heterocycles. The summed E-state index contributed by atoms with van der Waals surface area (Å²) in [6, 6.07) is 33.8. The topological polar surface area (TPSA) is 173 Å². The van der Waals surface area contributed by atoms with Crippen LogP contribution in [0.1, 0.15) is 148 Å². The van der Waals surface area contributed by atoms with E-state index >= 15 is 0 Å². The number of fused-ring (bicyclic) bond motifs is 7. The highest BCUT2D eigenvalue weighted by atomic mass is 15.1. The number of hydrogen-bond donors (Lipinski definition) is 0. The van der Waals surface area contributed by atoms with Crippen molar-refractivity contribution >= 4 is 66.5 Å². The van der Waals surface area contributed by atoms with Gasteiger partial charge < -0.3 is 9.13 Å². The van der Waals surface area contributed by atoms with E-state index in [1.807, 2.05) is 284 Å². The standard InChI is InChI=1S/2C9H10N2.3C9H8N2.2C8H9N3.7C2H6/c2*1-7-10-8-5-3-4-6-9(8)11(7)2;1-7-2-5-11-9-3-4-10-6-8(7)9;1-7-2-5-11-9-6-10-4-3-8(7)9;1-7-4-6-10-8-3-2-5-11-9(7)8;2*1-6-7(2)11-5-3-4-9-8(11)10-6;7*1-2/h2*3-6H,1-2H3;3*2-6H,1H3;2*3-5H,1-2H3;7*1-2H3. The minimum absolute atomic E-state index is 0.780. The Morgan fingerprint density at radius 1 is 0.297 bits per heavy atom. The Labute approximate surface area is 543 Å². The maximum absolute atomic E-state index is 4.38. The van der Waals surface area contributed by atoms with E-state index in [0.29, 0.717) is 0 Å². The van der Waals surface area contributed by atoms with Gasteiger partial charge in [0.05, 0.1) is 61.7 Å². The van der Waals surface area contributed by atoms with E-state index in [2.05, 4.69) is 94.9 Å². The monoisotopic (exact) mass is 1230 g/mol. The van der Waals surface area contributed by atoms with Gasteiger partial charge in [0.1, 0.15) is 11.6 Å². The van der Waals surface area contributed by atoms with Crippen molar-refractivity contribution in [3.8, 4) is 0 Å². The third kappa shape index (κ3) is 23.3. The Bertz CT molecular complexity index is 3720. The molecule has 0 atom stereocenters. The van der Waals surface area contributed by atoms with Crippen molar-refractivity contribution in [2.75, 3.05) is 0 Å². The van der Waals surface area contributed by atoms with Gasteiger partial charge in [0.2, 0.25) is 11.6 Å². The SMILES string of the molecule is CC.CC.CC.CC.CC.CC.CC.Cc1ccnc2cccnc12.Cc1ccnc2ccncc12.Cc1ccnc2cnccc12.Cc1nc2ccccc2n1C.Cc1nc2ccccc2n1C.Cc1nc2ncccn2c1C.Cc1nc2ncccn2c1C. The Morgan fingerprint density at radius 3 is 1.13 bits per heavy atom. The molecule has 0 spiro atoms. The van der Waals surface area contributed by atoms with E-state index in [4.69, 9.17) is 0 Å². The normalized spacial score (nSPS) is 9.37. The van der Waals surface area contributed by atoms with Crippen LogP contribution in [0, 0.1) is 62.3 Å². The third-order valence-corrected chi connectivity index (χ3v) is 13.0. The molecule has 0 radical (unpaired) electrons. The van der Waals surface area contributed by atoms with Crippen molar-refractivity contribution in [1.29, 1.82) is 0 Å². The highest BCUT2D eigenvalue weighted by molar-refractivity contribution is 5.81. The predicted octanol–water partition coefficient (Wildman–Crippen LogP) is 19.5. The van der Waals surface area contributed by atoms with Gasteiger partial charge in [0, 0.05) is 104 Å². The van der Waals surface area contributed by atoms with Crippen LogP contribution in [0.2, 0.25) is 0 Å². The highest BCUT2D eigenvalue weighted by Crippen LogP contribution is 2.17. The van der Waals surface area contributed by atoms with E-state index in [-0.39, 0.29) is 0 Å². The average molecular weight is 1230 g/mol. The lowest BCUT2D eigenvalue weighted by molar-refractivity contribution is 0.886. The van der Waals surface area contributed by atoms with Gasteiger partial charge in [0.25, 0.3) is 0 Å². The molecule has 0 N–H and O–H groups in total. The van der Waals surface area contributed by atoms with Crippen molar-refractivity contribution in [2.24, 2.45) is 14.1 Å². The molecule has 16 heteroatoms. The first-order valence-electron chi connectivity index (χ1n) is 32.0. The van der Waals surface area contributed by atoms with E-state index in [9.17, 15) is 0 Å². The number of rotatable bonds is 0. The Kier molecular flexibility index (Phi) is 38.9. The highest BCUT2D eigenvalue weighted by Gasteiger charge is 2.05. The van der Waals surface area contributed by atoms with Crippen molar-refractivity contribution < 1.29 is 0 Å². The molecule has 0 aliphatic carbocycles. The van der Waals surface area contributed by atoms with Gasteiger partial charge in [-0.15, -0.1) is 0 Å². The molecule has 2 aromatic carbocycles. The van der Waals surface area contributed by atoms with Crippen molar-refractivity contribution in [3.05, 3.63) is 229 Å². The van der Waals surface area contributed by atoms with E-state index in [0.717, 1.165) is 84.5 Å². The molecule has 0 aliphatic heterocycles. The second kappa shape index (κ2) is 44.7. The van der Waals surface area contributed by atoms with E-state index in [1.165, 1.54) is 33.1 Å². The van der Waals surface area contributed by atoms with Crippen molar-refractivity contribution in [3.63, 3.8) is 0 Å². The second-order valence-corrected chi connectivity index (χ2v) is 18.1. The predicted molar refractivity (Wildman–Crippen MR) is 388 cm³/mol. The van der Waals surface area contributed by atoms with Crippen LogP contribution in [0.15, 0.2) is 177 Å². The van der Waals surface area contributed by atoms with E-state index in [1.54, 1.807) is 49.6 Å². The number of hydrogen-bond acceptors (Lipinski definition) is 12. The van der Waals surface area contributed by atoms with Crippen LogP contribution >= 0.6 is 0 Å². The van der Waals surface area contributed by atoms with Gasteiger partial charge in [-0.25, -0.2) is 29.9 Å². The first kappa shape index (κ1) is 79.3. The molecular weight excluding hydrogens is 1120 g/mol. The lowest BCUT2D eigenvalue weighted by Gasteiger charge is -1.97. The van der Waals surface area contributed by atoms with Crippen molar-refractivity contribution in [2.45, 2.75) is 159 Å². The van der Waals surface area contributed by atoms with Gasteiger partial charge in [0.15, 0.2) is 0 Å². The minimum Gasteiger partial charge on any atom is -0.331 e. The summed E-state index contributed by atoms with van der Waals surface area (Å²) < 4.78 is 8.15. The number of benzene rings is 2. The number of nitrogens with zero attached hydrogens (tertiary/aromatic N) is 16. The molecule has 0 bridgehead atoms. The number of para-hydroxylation sites is 4. The summed E-state index contributed by atoms with van der Waals surface area (Å²) >= 11 is 0. The van der Waals surface area contributed by atoms with Crippen LogP contribution in [0.5, 0.6) is 0 Å². The summed E-state index contributed by atoms with van der Waals surface area (Å²) in [7, 11) is 4.06. The number of aromatic nitrogens is 16. The van der Waals surface area contributed by atoms with Crippen LogP contribution in [0.4, 0.5) is 0 Å². The Morgan fingerprint density at radius 2 is 0.692 bits per heavy atom. The zero-order valence-electron chi connectivity index (χ0n) is 59.4. The maximum Gasteiger partial charge on any atom is 0.234 e. The minimum atomic E-state index is 0.780. The fourth-order valence-electron chi connectivity index (χ4n) is 8.14. The van der Waals surface area contributed by atoms with Crippen LogP contribution in [-0.4, -0.2) is 77.7 Å². The summed E-state index contributed by atoms with van der Waals surface area (Å²) in [6.45, 7) is 46.3. The summed E-state index contributed by atoms with van der Waals surface area (Å²) in [6.07, 6.45) is 21.8. The zero-order chi connectivity index (χ0) is 68.4. The molecule has 0 amide bonds. The van der Waals surface area contributed by atoms with Gasteiger partial charge >= 0.3 is 0 Å². The Balaban J connectivity index is 0.000000514. The molecule has 0 fully saturated rings. The lowest BCUT2D eigenvalue weighted by atomic mass is 10.2. The molecule has 14 aromatic rings. The number of imidazole rings is 4. The zero-order valence-corrected chi connectivity index (χ0v) is 59.4. The van der Waals surface area contributed by atoms with E-state index < -0.39 is 0 Å². The van der Waals surface area contributed by atoms with Gasteiger partial charge in [-0.3, -0.25) is 38.7 Å². The molecule has 16 nitrogen and oxygen atoms in total. The molecule has 91 heavy (non-hydrogen) atoms. The third-order valence-electron chi connectivity index (χ3n) is 13.0. The molecule has 0 aliphatic rings. The van der Waals surface area contributed by atoms with Gasteiger partial charge in [-0.1, -0.05) is 121 Å². The summed E-state index contributed by atoms with van der Waals surface area (Å²) in [5.41, 5.74) is 16.6. The van der Waals surface area contributed by atoms with Crippen LogP contribution in [-0.2, 0) is 14.1 Å². The second-order valence-electron chi connectivity index (χ2n) is 18.1. The number of aryl methyl sites for hydroxylation is 11. The van der Waals surface area contributed by atoms with Gasteiger partial charge in [-0.2, -0.15) is 0 Å². The molecule has 0 unspecified atom stereocenters. The van der Waals surface area contributed by atoms with Gasteiger partial charge in [-0.05, 0) is 158 Å².